The standard InChI is InChI=1S/C15H15ClN4O/c1-10-9-11(2)20(18-10)8-7-14-17-15(19-21-14)12-3-5-13(16)6-4-12/h3-6,9H,7-8H2,1-2H3. The van der Waals surface area contributed by atoms with E-state index in [1.54, 1.807) is 0 Å². The summed E-state index contributed by atoms with van der Waals surface area (Å²) in [5.74, 6) is 1.18. The Bertz CT molecular complexity index is 745. The van der Waals surface area contributed by atoms with Crippen molar-refractivity contribution in [3.8, 4) is 11.4 Å². The molecule has 3 aromatic rings. The van der Waals surface area contributed by atoms with Crippen molar-refractivity contribution in [1.29, 1.82) is 0 Å². The topological polar surface area (TPSA) is 56.7 Å². The molecule has 6 heteroatoms. The van der Waals surface area contributed by atoms with Gasteiger partial charge in [0.1, 0.15) is 0 Å². The monoisotopic (exact) mass is 302 g/mol. The maximum atomic E-state index is 5.86. The van der Waals surface area contributed by atoms with Gasteiger partial charge in [-0.2, -0.15) is 10.1 Å². The van der Waals surface area contributed by atoms with Crippen LogP contribution in [-0.2, 0) is 13.0 Å². The maximum Gasteiger partial charge on any atom is 0.228 e. The zero-order valence-electron chi connectivity index (χ0n) is 11.9. The highest BCUT2D eigenvalue weighted by atomic mass is 35.5. The first-order chi connectivity index (χ1) is 10.1. The minimum absolute atomic E-state index is 0.579. The summed E-state index contributed by atoms with van der Waals surface area (Å²) in [4.78, 5) is 4.40. The van der Waals surface area contributed by atoms with Crippen LogP contribution in [0.15, 0.2) is 34.9 Å². The Kier molecular flexibility index (Phi) is 3.75. The average molecular weight is 303 g/mol. The Hall–Kier alpha value is -2.14. The zero-order valence-corrected chi connectivity index (χ0v) is 12.6. The molecule has 0 spiro atoms. The summed E-state index contributed by atoms with van der Waals surface area (Å²) < 4.78 is 7.23. The minimum Gasteiger partial charge on any atom is -0.339 e. The summed E-state index contributed by atoms with van der Waals surface area (Å²) in [5.41, 5.74) is 3.03. The molecular weight excluding hydrogens is 288 g/mol. The molecular formula is C15H15ClN4O. The summed E-state index contributed by atoms with van der Waals surface area (Å²) in [7, 11) is 0. The number of hydrogen-bond donors (Lipinski definition) is 0. The van der Waals surface area contributed by atoms with Gasteiger partial charge >= 0.3 is 0 Å². The number of aromatic nitrogens is 4. The molecule has 2 heterocycles. The van der Waals surface area contributed by atoms with E-state index in [-0.39, 0.29) is 0 Å². The van der Waals surface area contributed by atoms with Gasteiger partial charge in [-0.25, -0.2) is 0 Å². The first-order valence-electron chi connectivity index (χ1n) is 6.71. The molecule has 0 aliphatic heterocycles. The van der Waals surface area contributed by atoms with Gasteiger partial charge in [0, 0.05) is 29.2 Å². The van der Waals surface area contributed by atoms with Gasteiger partial charge in [0.2, 0.25) is 11.7 Å². The molecule has 108 valence electrons. The SMILES string of the molecule is Cc1cc(C)n(CCc2nc(-c3ccc(Cl)cc3)no2)n1. The molecule has 0 N–H and O–H groups in total. The average Bonchev–Trinajstić information content (AvgIpc) is 3.04. The van der Waals surface area contributed by atoms with Crippen LogP contribution in [0.2, 0.25) is 5.02 Å². The van der Waals surface area contributed by atoms with E-state index in [0.717, 1.165) is 23.5 Å². The quantitative estimate of drug-likeness (QED) is 0.740. The van der Waals surface area contributed by atoms with Crippen molar-refractivity contribution in [3.05, 3.63) is 52.6 Å². The molecule has 5 nitrogen and oxygen atoms in total. The molecule has 21 heavy (non-hydrogen) atoms. The molecule has 0 saturated carbocycles. The van der Waals surface area contributed by atoms with E-state index >= 15 is 0 Å². The van der Waals surface area contributed by atoms with Gasteiger partial charge in [-0.1, -0.05) is 16.8 Å². The molecule has 0 bridgehead atoms. The van der Waals surface area contributed by atoms with E-state index in [1.165, 1.54) is 0 Å². The van der Waals surface area contributed by atoms with Gasteiger partial charge in [0.15, 0.2) is 0 Å². The third-order valence-electron chi connectivity index (χ3n) is 3.21. The molecule has 0 aliphatic carbocycles. The molecule has 0 aliphatic rings. The van der Waals surface area contributed by atoms with Crippen molar-refractivity contribution in [2.45, 2.75) is 26.8 Å². The van der Waals surface area contributed by atoms with Crippen LogP contribution in [0.25, 0.3) is 11.4 Å². The molecule has 0 atom stereocenters. The Labute approximate surface area is 127 Å². The second kappa shape index (κ2) is 5.69. The third kappa shape index (κ3) is 3.13. The third-order valence-corrected chi connectivity index (χ3v) is 3.46. The van der Waals surface area contributed by atoms with Crippen LogP contribution >= 0.6 is 11.6 Å². The van der Waals surface area contributed by atoms with Crippen LogP contribution in [0.4, 0.5) is 0 Å². The zero-order chi connectivity index (χ0) is 14.8. The van der Waals surface area contributed by atoms with E-state index in [9.17, 15) is 0 Å². The van der Waals surface area contributed by atoms with Crippen LogP contribution in [0, 0.1) is 13.8 Å². The summed E-state index contributed by atoms with van der Waals surface area (Å²) in [6.07, 6.45) is 0.655. The Morgan fingerprint density at radius 2 is 1.95 bits per heavy atom. The Morgan fingerprint density at radius 1 is 1.19 bits per heavy atom. The fourth-order valence-electron chi connectivity index (χ4n) is 2.18. The highest BCUT2D eigenvalue weighted by Crippen LogP contribution is 2.18. The lowest BCUT2D eigenvalue weighted by Gasteiger charge is -2.00. The van der Waals surface area contributed by atoms with Crippen molar-refractivity contribution < 1.29 is 4.52 Å². The fraction of sp³-hybridized carbons (Fsp3) is 0.267. The predicted octanol–water partition coefficient (Wildman–Crippen LogP) is 3.45. The first kappa shape index (κ1) is 13.8. The van der Waals surface area contributed by atoms with E-state index in [4.69, 9.17) is 16.1 Å². The lowest BCUT2D eigenvalue weighted by molar-refractivity contribution is 0.368. The normalized spacial score (nSPS) is 11.0. The van der Waals surface area contributed by atoms with E-state index < -0.39 is 0 Å². The van der Waals surface area contributed by atoms with Crippen molar-refractivity contribution in [2.75, 3.05) is 0 Å². The predicted molar refractivity (Wildman–Crippen MR) is 80.1 cm³/mol. The molecule has 0 amide bonds. The van der Waals surface area contributed by atoms with Gasteiger partial charge in [-0.3, -0.25) is 4.68 Å². The number of rotatable bonds is 4. The fourth-order valence-corrected chi connectivity index (χ4v) is 2.30. The second-order valence-electron chi connectivity index (χ2n) is 4.92. The number of aryl methyl sites for hydroxylation is 4. The number of nitrogens with zero attached hydrogens (tertiary/aromatic N) is 4. The van der Waals surface area contributed by atoms with Gasteiger partial charge in [0.05, 0.1) is 5.69 Å². The highest BCUT2D eigenvalue weighted by Gasteiger charge is 2.09. The maximum absolute atomic E-state index is 5.86. The van der Waals surface area contributed by atoms with Crippen LogP contribution in [0.3, 0.4) is 0 Å². The van der Waals surface area contributed by atoms with Crippen LogP contribution in [0.5, 0.6) is 0 Å². The number of hydrogen-bond acceptors (Lipinski definition) is 4. The van der Waals surface area contributed by atoms with Crippen molar-refractivity contribution in [1.82, 2.24) is 19.9 Å². The van der Waals surface area contributed by atoms with Crippen molar-refractivity contribution >= 4 is 11.6 Å². The van der Waals surface area contributed by atoms with Crippen LogP contribution < -0.4 is 0 Å². The largest absolute Gasteiger partial charge is 0.339 e. The molecule has 1 aromatic carbocycles. The van der Waals surface area contributed by atoms with E-state index in [2.05, 4.69) is 15.2 Å². The van der Waals surface area contributed by atoms with Crippen LogP contribution in [-0.4, -0.2) is 19.9 Å². The number of benzene rings is 1. The first-order valence-corrected chi connectivity index (χ1v) is 7.09. The van der Waals surface area contributed by atoms with E-state index in [0.29, 0.717) is 23.2 Å². The Balaban J connectivity index is 1.70. The highest BCUT2D eigenvalue weighted by molar-refractivity contribution is 6.30. The summed E-state index contributed by atoms with van der Waals surface area (Å²) in [6.45, 7) is 4.74. The van der Waals surface area contributed by atoms with Gasteiger partial charge in [-0.05, 0) is 44.2 Å². The molecule has 2 aromatic heterocycles. The minimum atomic E-state index is 0.579. The summed E-state index contributed by atoms with van der Waals surface area (Å²) in [5, 5.41) is 9.10. The Morgan fingerprint density at radius 3 is 2.62 bits per heavy atom. The van der Waals surface area contributed by atoms with Crippen molar-refractivity contribution in [2.24, 2.45) is 0 Å². The lowest BCUT2D eigenvalue weighted by atomic mass is 10.2. The van der Waals surface area contributed by atoms with Gasteiger partial charge < -0.3 is 4.52 Å². The second-order valence-corrected chi connectivity index (χ2v) is 5.36. The molecule has 0 unspecified atom stereocenters. The molecule has 0 saturated heterocycles. The van der Waals surface area contributed by atoms with Crippen LogP contribution in [0.1, 0.15) is 17.3 Å². The summed E-state index contributed by atoms with van der Waals surface area (Å²) in [6, 6.07) is 9.41. The molecule has 0 radical (unpaired) electrons. The van der Waals surface area contributed by atoms with E-state index in [1.807, 2.05) is 48.9 Å². The van der Waals surface area contributed by atoms with Crippen molar-refractivity contribution in [3.63, 3.8) is 0 Å². The smallest absolute Gasteiger partial charge is 0.228 e. The molecule has 3 rings (SSSR count). The lowest BCUT2D eigenvalue weighted by Crippen LogP contribution is -2.05. The summed E-state index contributed by atoms with van der Waals surface area (Å²) >= 11 is 5.86. The van der Waals surface area contributed by atoms with Gasteiger partial charge in [-0.15, -0.1) is 0 Å². The number of halogens is 1. The molecule has 0 fully saturated rings. The van der Waals surface area contributed by atoms with Gasteiger partial charge in [0.25, 0.3) is 0 Å².